The van der Waals surface area contributed by atoms with Crippen molar-refractivity contribution < 1.29 is 0 Å². The minimum absolute atomic E-state index is 0.292. The zero-order valence-corrected chi connectivity index (χ0v) is 16.9. The molecule has 0 saturated carbocycles. The van der Waals surface area contributed by atoms with E-state index in [0.29, 0.717) is 17.9 Å². The maximum absolute atomic E-state index is 3.63. The summed E-state index contributed by atoms with van der Waals surface area (Å²) < 4.78 is 0. The van der Waals surface area contributed by atoms with Gasteiger partial charge in [0, 0.05) is 11.8 Å². The first kappa shape index (κ1) is 20.0. The van der Waals surface area contributed by atoms with Crippen molar-refractivity contribution in [3.8, 4) is 0 Å². The van der Waals surface area contributed by atoms with Gasteiger partial charge in [-0.2, -0.15) is 0 Å². The molecule has 3 unspecified atom stereocenters. The van der Waals surface area contributed by atoms with Crippen molar-refractivity contribution in [3.05, 3.63) is 89.7 Å². The molecule has 1 aromatic carbocycles. The molecule has 0 saturated heterocycles. The molecule has 0 fully saturated rings. The summed E-state index contributed by atoms with van der Waals surface area (Å²) in [6.07, 6.45) is 17.0. The third-order valence-electron chi connectivity index (χ3n) is 5.07. The molecule has 2 aliphatic rings. The number of nitrogens with one attached hydrogen (secondary N) is 1. The number of benzene rings is 1. The first-order chi connectivity index (χ1) is 12.7. The van der Waals surface area contributed by atoms with Gasteiger partial charge >= 0.3 is 0 Å². The van der Waals surface area contributed by atoms with E-state index >= 15 is 0 Å². The quantitative estimate of drug-likeness (QED) is 0.598. The molecule has 1 heteroatoms. The minimum atomic E-state index is 0.292. The van der Waals surface area contributed by atoms with Crippen molar-refractivity contribution >= 4 is 5.57 Å². The Morgan fingerprint density at radius 1 is 1.15 bits per heavy atom. The van der Waals surface area contributed by atoms with E-state index < -0.39 is 0 Å². The van der Waals surface area contributed by atoms with Crippen LogP contribution in [0, 0.1) is 11.8 Å². The third kappa shape index (κ3) is 4.66. The first-order valence-electron chi connectivity index (χ1n) is 9.90. The SMILES string of the molecule is CC.CC=CC(C)C1CC=CC=C1C1C=C(C)C(c2ccccc2)=CN1. The van der Waals surface area contributed by atoms with Crippen LogP contribution in [0.1, 0.15) is 46.6 Å². The standard InChI is InChI=1S/C23H27N.C2H6/c1-4-10-17(2)20-13-8-9-14-21(20)23-15-18(3)22(16-24-23)19-11-6-5-7-12-19;1-2/h4-12,14-17,20,23-24H,13H2,1-3H3;1-2H3. The van der Waals surface area contributed by atoms with Crippen molar-refractivity contribution in [2.75, 3.05) is 0 Å². The second kappa shape index (κ2) is 10.0. The van der Waals surface area contributed by atoms with Crippen LogP contribution in [-0.2, 0) is 0 Å². The lowest BCUT2D eigenvalue weighted by Gasteiger charge is -2.33. The van der Waals surface area contributed by atoms with Gasteiger partial charge in [0.1, 0.15) is 0 Å². The maximum Gasteiger partial charge on any atom is 0.0664 e. The molecule has 3 atom stereocenters. The van der Waals surface area contributed by atoms with Gasteiger partial charge < -0.3 is 5.32 Å². The predicted molar refractivity (Wildman–Crippen MR) is 116 cm³/mol. The summed E-state index contributed by atoms with van der Waals surface area (Å²) in [6.45, 7) is 10.6. The smallest absolute Gasteiger partial charge is 0.0664 e. The number of allylic oxidation sites excluding steroid dienone is 7. The Morgan fingerprint density at radius 2 is 1.88 bits per heavy atom. The fraction of sp³-hybridized carbons (Fsp3) is 0.360. The number of hydrogen-bond acceptors (Lipinski definition) is 1. The molecule has 1 heterocycles. The van der Waals surface area contributed by atoms with Gasteiger partial charge in [0.05, 0.1) is 6.04 Å². The number of hydrogen-bond donors (Lipinski definition) is 1. The summed E-state index contributed by atoms with van der Waals surface area (Å²) in [4.78, 5) is 0. The molecule has 1 aliphatic carbocycles. The fourth-order valence-corrected chi connectivity index (χ4v) is 3.75. The Morgan fingerprint density at radius 3 is 2.54 bits per heavy atom. The monoisotopic (exact) mass is 347 g/mol. The highest BCUT2D eigenvalue weighted by Gasteiger charge is 2.26. The van der Waals surface area contributed by atoms with Crippen molar-refractivity contribution in [1.82, 2.24) is 5.32 Å². The Balaban J connectivity index is 0.00000117. The van der Waals surface area contributed by atoms with Crippen LogP contribution in [0.25, 0.3) is 5.57 Å². The van der Waals surface area contributed by atoms with Crippen LogP contribution in [0.4, 0.5) is 0 Å². The van der Waals surface area contributed by atoms with Crippen molar-refractivity contribution in [3.63, 3.8) is 0 Å². The third-order valence-corrected chi connectivity index (χ3v) is 5.07. The number of dihydropyridines is 1. The molecule has 1 nitrogen and oxygen atoms in total. The molecule has 1 aliphatic heterocycles. The van der Waals surface area contributed by atoms with E-state index in [1.165, 1.54) is 22.3 Å². The van der Waals surface area contributed by atoms with Crippen LogP contribution in [0.5, 0.6) is 0 Å². The molecule has 0 radical (unpaired) electrons. The van der Waals surface area contributed by atoms with Gasteiger partial charge in [0.15, 0.2) is 0 Å². The lowest BCUT2D eigenvalue weighted by Crippen LogP contribution is -2.33. The molecule has 1 N–H and O–H groups in total. The highest BCUT2D eigenvalue weighted by Crippen LogP contribution is 2.34. The lowest BCUT2D eigenvalue weighted by atomic mass is 9.77. The second-order valence-corrected chi connectivity index (χ2v) is 6.74. The Bertz CT molecular complexity index is 716. The van der Waals surface area contributed by atoms with E-state index in [9.17, 15) is 0 Å². The normalized spacial score (nSPS) is 23.2. The van der Waals surface area contributed by atoms with Crippen molar-refractivity contribution in [2.45, 2.75) is 47.1 Å². The van der Waals surface area contributed by atoms with Crippen LogP contribution < -0.4 is 5.32 Å². The van der Waals surface area contributed by atoms with E-state index in [4.69, 9.17) is 0 Å². The van der Waals surface area contributed by atoms with Gasteiger partial charge in [-0.1, -0.05) is 87.6 Å². The second-order valence-electron chi connectivity index (χ2n) is 6.74. The van der Waals surface area contributed by atoms with E-state index in [1.54, 1.807) is 0 Å². The summed E-state index contributed by atoms with van der Waals surface area (Å²) >= 11 is 0. The van der Waals surface area contributed by atoms with Gasteiger partial charge in [-0.15, -0.1) is 0 Å². The van der Waals surface area contributed by atoms with Gasteiger partial charge in [-0.25, -0.2) is 0 Å². The van der Waals surface area contributed by atoms with Crippen LogP contribution in [0.15, 0.2) is 84.1 Å². The molecule has 138 valence electrons. The Kier molecular flexibility index (Phi) is 7.72. The fourth-order valence-electron chi connectivity index (χ4n) is 3.75. The largest absolute Gasteiger partial charge is 0.380 e. The topological polar surface area (TPSA) is 12.0 Å². The molecule has 0 amide bonds. The van der Waals surface area contributed by atoms with Gasteiger partial charge in [0.2, 0.25) is 0 Å². The summed E-state index contributed by atoms with van der Waals surface area (Å²) in [5.74, 6) is 1.13. The molecule has 1 aromatic rings. The number of rotatable bonds is 4. The molecule has 0 bridgehead atoms. The molecular weight excluding hydrogens is 314 g/mol. The lowest BCUT2D eigenvalue weighted by molar-refractivity contribution is 0.459. The Labute approximate surface area is 159 Å². The van der Waals surface area contributed by atoms with Crippen LogP contribution in [0.3, 0.4) is 0 Å². The van der Waals surface area contributed by atoms with Crippen molar-refractivity contribution in [1.29, 1.82) is 0 Å². The molecule has 3 rings (SSSR count). The van der Waals surface area contributed by atoms with Gasteiger partial charge in [-0.3, -0.25) is 0 Å². The highest BCUT2D eigenvalue weighted by atomic mass is 14.9. The molecular formula is C25H33N. The average molecular weight is 348 g/mol. The Hall–Kier alpha value is -2.28. The van der Waals surface area contributed by atoms with Gasteiger partial charge in [0.25, 0.3) is 0 Å². The van der Waals surface area contributed by atoms with Crippen LogP contribution >= 0.6 is 0 Å². The highest BCUT2D eigenvalue weighted by molar-refractivity contribution is 5.79. The van der Waals surface area contributed by atoms with Gasteiger partial charge in [-0.05, 0) is 48.8 Å². The minimum Gasteiger partial charge on any atom is -0.380 e. The predicted octanol–water partition coefficient (Wildman–Crippen LogP) is 6.69. The summed E-state index contributed by atoms with van der Waals surface area (Å²) in [5, 5.41) is 3.63. The molecule has 0 aromatic heterocycles. The van der Waals surface area contributed by atoms with E-state index in [0.717, 1.165) is 6.42 Å². The van der Waals surface area contributed by atoms with E-state index in [1.807, 2.05) is 13.8 Å². The summed E-state index contributed by atoms with van der Waals surface area (Å²) in [7, 11) is 0. The van der Waals surface area contributed by atoms with Crippen LogP contribution in [-0.4, -0.2) is 6.04 Å². The summed E-state index contributed by atoms with van der Waals surface area (Å²) in [5.41, 5.74) is 5.40. The maximum atomic E-state index is 3.63. The van der Waals surface area contributed by atoms with E-state index in [-0.39, 0.29) is 0 Å². The zero-order valence-electron chi connectivity index (χ0n) is 16.9. The zero-order chi connectivity index (χ0) is 18.9. The van der Waals surface area contributed by atoms with E-state index in [2.05, 4.69) is 99.1 Å². The summed E-state index contributed by atoms with van der Waals surface area (Å²) in [6, 6.07) is 10.9. The average Bonchev–Trinajstić information content (AvgIpc) is 2.70. The van der Waals surface area contributed by atoms with Crippen molar-refractivity contribution in [2.24, 2.45) is 11.8 Å². The molecule has 0 spiro atoms. The first-order valence-corrected chi connectivity index (χ1v) is 9.90. The van der Waals surface area contributed by atoms with Crippen LogP contribution in [0.2, 0.25) is 0 Å². The molecule has 26 heavy (non-hydrogen) atoms.